The lowest BCUT2D eigenvalue weighted by atomic mass is 10.1. The molecule has 0 spiro atoms. The van der Waals surface area contributed by atoms with Crippen molar-refractivity contribution in [3.8, 4) is 0 Å². The quantitative estimate of drug-likeness (QED) is 0.144. The first-order valence-corrected chi connectivity index (χ1v) is 11.8. The van der Waals surface area contributed by atoms with E-state index >= 15 is 0 Å². The number of carbonyl (C=O) groups is 3. The highest BCUT2D eigenvalue weighted by Gasteiger charge is 2.54. The number of anilines is 1. The van der Waals surface area contributed by atoms with Gasteiger partial charge in [0.05, 0.1) is 6.07 Å². The fourth-order valence-electron chi connectivity index (χ4n) is 3.31. The first kappa shape index (κ1) is 24.7. The number of carboxylic acid groups (broad SMARTS) is 1. The Morgan fingerprint density at radius 1 is 1.44 bits per heavy atom. The summed E-state index contributed by atoms with van der Waals surface area (Å²) in [7, 11) is 1.24. The minimum Gasteiger partial charge on any atom is -0.449 e. The number of furan rings is 1. The van der Waals surface area contributed by atoms with Crippen LogP contribution in [0.5, 0.6) is 0 Å². The monoisotopic (exact) mass is 536 g/mol. The Kier molecular flexibility index (Phi) is 6.93. The number of nitrogens with zero attached hydrogens (tertiary/aromatic N) is 4. The van der Waals surface area contributed by atoms with E-state index in [1.54, 1.807) is 0 Å². The lowest BCUT2D eigenvalue weighted by Gasteiger charge is -2.48. The average Bonchev–Trinajstić information content (AvgIpc) is 3.48. The Hall–Kier alpha value is -4.38. The van der Waals surface area contributed by atoms with E-state index in [1.165, 1.54) is 48.5 Å². The molecule has 4 N–H and O–H groups in total. The summed E-state index contributed by atoms with van der Waals surface area (Å²) in [5.41, 5.74) is 5.90. The highest BCUT2D eigenvalue weighted by molar-refractivity contribution is 8.00. The van der Waals surface area contributed by atoms with Gasteiger partial charge in [0.25, 0.3) is 11.8 Å². The maximum Gasteiger partial charge on any atom is 0.512 e. The van der Waals surface area contributed by atoms with Gasteiger partial charge in [0.2, 0.25) is 5.88 Å². The third-order valence-corrected chi connectivity index (χ3v) is 6.80. The van der Waals surface area contributed by atoms with Crippen LogP contribution in [-0.4, -0.2) is 67.9 Å². The number of allylic oxidation sites excluding steroid dienone is 1. The average molecular weight is 537 g/mol. The number of hydrogen-bond acceptors (Lipinski definition) is 13. The van der Waals surface area contributed by atoms with Gasteiger partial charge >= 0.3 is 12.0 Å². The number of aromatic nitrogens is 1. The van der Waals surface area contributed by atoms with Gasteiger partial charge < -0.3 is 30.1 Å². The van der Waals surface area contributed by atoms with Crippen molar-refractivity contribution < 1.29 is 38.4 Å². The maximum absolute atomic E-state index is 12.9. The predicted octanol–water partition coefficient (Wildman–Crippen LogP) is 1.60. The third kappa shape index (κ3) is 4.86. The minimum absolute atomic E-state index is 0.142. The highest BCUT2D eigenvalue weighted by atomic mass is 32.2. The molecule has 2 aliphatic heterocycles. The van der Waals surface area contributed by atoms with Crippen molar-refractivity contribution in [1.82, 2.24) is 15.2 Å². The second-order valence-electron chi connectivity index (χ2n) is 7.02. The van der Waals surface area contributed by atoms with E-state index in [-0.39, 0.29) is 33.9 Å². The molecule has 0 aromatic carbocycles. The molecule has 0 radical (unpaired) electrons. The van der Waals surface area contributed by atoms with Gasteiger partial charge in [-0.1, -0.05) is 5.16 Å². The summed E-state index contributed by atoms with van der Waals surface area (Å²) in [6, 6.07) is 1.52. The Morgan fingerprint density at radius 3 is 2.83 bits per heavy atom. The molecule has 4 rings (SSSR count). The largest absolute Gasteiger partial charge is 0.512 e. The zero-order valence-electron chi connectivity index (χ0n) is 18.1. The molecule has 2 aliphatic rings. The van der Waals surface area contributed by atoms with Crippen LogP contribution in [-0.2, 0) is 19.2 Å². The molecule has 1 unspecified atom stereocenters. The summed E-state index contributed by atoms with van der Waals surface area (Å²) in [6.07, 6.45) is 1.16. The van der Waals surface area contributed by atoms with Crippen molar-refractivity contribution in [3.05, 3.63) is 56.6 Å². The van der Waals surface area contributed by atoms with Gasteiger partial charge in [-0.25, -0.2) is 9.78 Å². The number of ether oxygens (including phenoxy) is 1. The molecular formula is C19H16N6O9S2. The number of thiazole rings is 1. The zero-order chi connectivity index (χ0) is 26.0. The second kappa shape index (κ2) is 10.1. The van der Waals surface area contributed by atoms with Crippen LogP contribution in [0.15, 0.2) is 44.6 Å². The molecule has 15 nitrogen and oxygen atoms in total. The van der Waals surface area contributed by atoms with Gasteiger partial charge in [-0.05, 0) is 18.2 Å². The number of nitro groups is 1. The number of rotatable bonds is 8. The number of carbonyl (C=O) groups excluding carboxylic acids is 2. The Balaban J connectivity index is 1.53. The number of amides is 2. The topological polar surface area (TPSA) is 213 Å². The van der Waals surface area contributed by atoms with Crippen LogP contribution < -0.4 is 11.1 Å². The molecule has 36 heavy (non-hydrogen) atoms. The lowest BCUT2D eigenvalue weighted by molar-refractivity contribution is -0.402. The number of oxime groups is 1. The van der Waals surface area contributed by atoms with Crippen LogP contribution in [0.25, 0.3) is 6.08 Å². The molecule has 1 fully saturated rings. The fourth-order valence-corrected chi connectivity index (χ4v) is 5.15. The molecular weight excluding hydrogens is 520 g/mol. The summed E-state index contributed by atoms with van der Waals surface area (Å²) in [4.78, 5) is 56.9. The molecule has 188 valence electrons. The Morgan fingerprint density at radius 2 is 2.22 bits per heavy atom. The molecule has 2 atom stereocenters. The number of β-lactam (4-membered cyclic amide) rings is 1. The maximum atomic E-state index is 12.9. The zero-order valence-corrected chi connectivity index (χ0v) is 19.8. The number of fused-ring (bicyclic) bond motifs is 1. The summed E-state index contributed by atoms with van der Waals surface area (Å²) < 4.78 is 9.91. The molecule has 2 amide bonds. The molecule has 1 saturated heterocycles. The van der Waals surface area contributed by atoms with Crippen LogP contribution in [0.2, 0.25) is 0 Å². The SMILES string of the molecule is CON=C(C(=O)NC1C(=O)N2C(OC(=O)O)=C(C=Cc3ccc([N+](=O)[O-])o3)CS[C@@H]12)c1csc(N)n1. The van der Waals surface area contributed by atoms with Crippen LogP contribution in [0.1, 0.15) is 11.5 Å². The van der Waals surface area contributed by atoms with E-state index in [1.807, 2.05) is 0 Å². The van der Waals surface area contributed by atoms with Gasteiger partial charge in [0.1, 0.15) is 34.9 Å². The summed E-state index contributed by atoms with van der Waals surface area (Å²) >= 11 is 2.33. The Labute approximate surface area is 209 Å². The molecule has 2 aromatic rings. The van der Waals surface area contributed by atoms with Crippen LogP contribution >= 0.6 is 23.1 Å². The molecule has 0 saturated carbocycles. The molecule has 0 bridgehead atoms. The lowest BCUT2D eigenvalue weighted by Crippen LogP contribution is -2.70. The van der Waals surface area contributed by atoms with Crippen molar-refractivity contribution in [2.75, 3.05) is 18.6 Å². The van der Waals surface area contributed by atoms with Crippen LogP contribution in [0.3, 0.4) is 0 Å². The van der Waals surface area contributed by atoms with Crippen molar-refractivity contribution in [3.63, 3.8) is 0 Å². The second-order valence-corrected chi connectivity index (χ2v) is 9.01. The van der Waals surface area contributed by atoms with E-state index in [0.29, 0.717) is 5.57 Å². The summed E-state index contributed by atoms with van der Waals surface area (Å²) in [5.74, 6) is -1.72. The standard InChI is InChI=1S/C19H16N6O9S2/c1-32-23-12(10-7-36-18(20)21-10)14(26)22-13-15(27)24-16(34-19(28)29)8(6-35-17(13)24)2-3-9-4-5-11(33-9)25(30)31/h2-5,7,13,17H,6H2,1H3,(H2,20,21)(H,22,26)(H,28,29)/t13?,17-/m0/s1. The molecule has 2 aromatic heterocycles. The van der Waals surface area contributed by atoms with Gasteiger partial charge in [-0.3, -0.25) is 24.6 Å². The van der Waals surface area contributed by atoms with Crippen molar-refractivity contribution in [1.29, 1.82) is 0 Å². The number of hydrogen-bond donors (Lipinski definition) is 3. The van der Waals surface area contributed by atoms with Gasteiger partial charge in [0, 0.05) is 16.7 Å². The highest BCUT2D eigenvalue weighted by Crippen LogP contribution is 2.41. The van der Waals surface area contributed by atoms with Crippen LogP contribution in [0, 0.1) is 10.1 Å². The fraction of sp³-hybridized carbons (Fsp3) is 0.211. The number of nitrogens with one attached hydrogen (secondary N) is 1. The van der Waals surface area contributed by atoms with E-state index in [4.69, 9.17) is 19.7 Å². The molecule has 0 aliphatic carbocycles. The first-order valence-electron chi connectivity index (χ1n) is 9.84. The van der Waals surface area contributed by atoms with Crippen molar-refractivity contribution >= 4 is 63.9 Å². The normalized spacial score (nSPS) is 19.6. The Bertz CT molecular complexity index is 1330. The number of nitrogens with two attached hydrogens (primary N) is 1. The van der Waals surface area contributed by atoms with Gasteiger partial charge in [-0.15, -0.1) is 23.1 Å². The van der Waals surface area contributed by atoms with Crippen molar-refractivity contribution in [2.45, 2.75) is 11.4 Å². The predicted molar refractivity (Wildman–Crippen MR) is 126 cm³/mol. The van der Waals surface area contributed by atoms with Gasteiger partial charge in [0.15, 0.2) is 10.8 Å². The summed E-state index contributed by atoms with van der Waals surface area (Å²) in [5, 5.41) is 27.2. The van der Waals surface area contributed by atoms with Gasteiger partial charge in [-0.2, -0.15) is 0 Å². The van der Waals surface area contributed by atoms with E-state index in [9.17, 15) is 29.6 Å². The third-order valence-electron chi connectivity index (χ3n) is 4.82. The minimum atomic E-state index is -1.65. The smallest absolute Gasteiger partial charge is 0.449 e. The summed E-state index contributed by atoms with van der Waals surface area (Å²) in [6.45, 7) is 0. The van der Waals surface area contributed by atoms with Crippen molar-refractivity contribution in [2.24, 2.45) is 5.16 Å². The number of nitrogen functional groups attached to an aromatic ring is 1. The molecule has 17 heteroatoms. The van der Waals surface area contributed by atoms with E-state index in [0.717, 1.165) is 16.2 Å². The first-order chi connectivity index (χ1) is 17.2. The van der Waals surface area contributed by atoms with Crippen LogP contribution in [0.4, 0.5) is 15.8 Å². The van der Waals surface area contributed by atoms with E-state index < -0.39 is 40.2 Å². The van der Waals surface area contributed by atoms with E-state index in [2.05, 4.69) is 15.5 Å². The number of thioether (sulfide) groups is 1. The molecule has 4 heterocycles.